The number of aliphatic carboxylic acids is 1. The van der Waals surface area contributed by atoms with Gasteiger partial charge in [-0.15, -0.1) is 0 Å². The summed E-state index contributed by atoms with van der Waals surface area (Å²) in [6, 6.07) is -0.0689. The van der Waals surface area contributed by atoms with Crippen molar-refractivity contribution in [2.75, 3.05) is 13.6 Å². The zero-order chi connectivity index (χ0) is 12.0. The largest absolute Gasteiger partial charge is 0.480 e. The van der Waals surface area contributed by atoms with Crippen LogP contribution in [-0.4, -0.2) is 41.6 Å². The molecule has 0 saturated heterocycles. The fourth-order valence-corrected chi connectivity index (χ4v) is 1.98. The normalized spacial score (nSPS) is 17.6. The Hall–Kier alpha value is -1.26. The van der Waals surface area contributed by atoms with Crippen LogP contribution in [0.3, 0.4) is 0 Å². The maximum Gasteiger partial charge on any atom is 0.323 e. The topological polar surface area (TPSA) is 69.6 Å². The lowest BCUT2D eigenvalue weighted by molar-refractivity contribution is -0.137. The Morgan fingerprint density at radius 1 is 1.25 bits per heavy atom. The second-order valence-electron chi connectivity index (χ2n) is 4.39. The molecule has 2 amide bonds. The van der Waals surface area contributed by atoms with Gasteiger partial charge in [-0.1, -0.05) is 25.7 Å². The molecule has 0 heterocycles. The molecule has 5 nitrogen and oxygen atoms in total. The van der Waals surface area contributed by atoms with Gasteiger partial charge in [0.25, 0.3) is 0 Å². The summed E-state index contributed by atoms with van der Waals surface area (Å²) in [6.07, 6.45) is 6.77. The van der Waals surface area contributed by atoms with Gasteiger partial charge < -0.3 is 15.3 Å². The first-order chi connectivity index (χ1) is 7.59. The zero-order valence-corrected chi connectivity index (χ0v) is 9.74. The van der Waals surface area contributed by atoms with E-state index in [1.807, 2.05) is 0 Å². The molecule has 0 aromatic carbocycles. The summed E-state index contributed by atoms with van der Waals surface area (Å²) in [5.41, 5.74) is 0. The average molecular weight is 228 g/mol. The third-order valence-corrected chi connectivity index (χ3v) is 2.90. The number of carboxylic acid groups (broad SMARTS) is 1. The SMILES string of the molecule is CN(CC(=O)O)C(=O)NC1CCCCCC1. The molecule has 1 fully saturated rings. The van der Waals surface area contributed by atoms with E-state index < -0.39 is 5.97 Å². The van der Waals surface area contributed by atoms with Crippen LogP contribution in [0, 0.1) is 0 Å². The van der Waals surface area contributed by atoms with Crippen LogP contribution in [-0.2, 0) is 4.79 Å². The van der Waals surface area contributed by atoms with Crippen molar-refractivity contribution < 1.29 is 14.7 Å². The Kier molecular flexibility index (Phi) is 5.08. The molecule has 1 aliphatic carbocycles. The number of carboxylic acids is 1. The van der Waals surface area contributed by atoms with E-state index in [0.717, 1.165) is 25.7 Å². The number of amides is 2. The Morgan fingerprint density at radius 3 is 2.31 bits per heavy atom. The first-order valence-electron chi connectivity index (χ1n) is 5.83. The Bertz CT molecular complexity index is 248. The van der Waals surface area contributed by atoms with Crippen molar-refractivity contribution in [3.63, 3.8) is 0 Å². The van der Waals surface area contributed by atoms with Crippen molar-refractivity contribution in [1.29, 1.82) is 0 Å². The molecule has 0 aromatic rings. The lowest BCUT2D eigenvalue weighted by Crippen LogP contribution is -2.44. The van der Waals surface area contributed by atoms with Gasteiger partial charge in [-0.25, -0.2) is 4.79 Å². The average Bonchev–Trinajstić information content (AvgIpc) is 2.45. The van der Waals surface area contributed by atoms with Gasteiger partial charge in [0.15, 0.2) is 0 Å². The standard InChI is InChI=1S/C11H20N2O3/c1-13(8-10(14)15)11(16)12-9-6-4-2-3-5-7-9/h9H,2-8H2,1H3,(H,12,16)(H,14,15). The van der Waals surface area contributed by atoms with Gasteiger partial charge >= 0.3 is 12.0 Å². The molecule has 0 atom stereocenters. The zero-order valence-electron chi connectivity index (χ0n) is 9.74. The van der Waals surface area contributed by atoms with Gasteiger partial charge in [-0.3, -0.25) is 4.79 Å². The predicted octanol–water partition coefficient (Wildman–Crippen LogP) is 1.44. The summed E-state index contributed by atoms with van der Waals surface area (Å²) in [7, 11) is 1.50. The Labute approximate surface area is 95.8 Å². The van der Waals surface area contributed by atoms with Gasteiger partial charge in [0.05, 0.1) is 0 Å². The maximum atomic E-state index is 11.6. The highest BCUT2D eigenvalue weighted by atomic mass is 16.4. The lowest BCUT2D eigenvalue weighted by atomic mass is 10.1. The van der Waals surface area contributed by atoms with E-state index in [1.165, 1.54) is 24.8 Å². The van der Waals surface area contributed by atoms with E-state index >= 15 is 0 Å². The molecule has 1 aliphatic rings. The highest BCUT2D eigenvalue weighted by Gasteiger charge is 2.17. The van der Waals surface area contributed by atoms with Crippen LogP contribution in [0.25, 0.3) is 0 Å². The van der Waals surface area contributed by atoms with Crippen molar-refractivity contribution in [3.8, 4) is 0 Å². The monoisotopic (exact) mass is 228 g/mol. The fraction of sp³-hybridized carbons (Fsp3) is 0.818. The number of carbonyl (C=O) groups excluding carboxylic acids is 1. The van der Waals surface area contributed by atoms with Crippen LogP contribution in [0.5, 0.6) is 0 Å². The minimum atomic E-state index is -0.987. The van der Waals surface area contributed by atoms with Crippen LogP contribution in [0.4, 0.5) is 4.79 Å². The summed E-state index contributed by atoms with van der Waals surface area (Å²) in [5.74, 6) is -0.987. The quantitative estimate of drug-likeness (QED) is 0.718. The number of nitrogens with one attached hydrogen (secondary N) is 1. The van der Waals surface area contributed by atoms with Crippen molar-refractivity contribution >= 4 is 12.0 Å². The number of rotatable bonds is 3. The van der Waals surface area contributed by atoms with Gasteiger partial charge in [-0.2, -0.15) is 0 Å². The molecule has 2 N–H and O–H groups in total. The van der Waals surface area contributed by atoms with Gasteiger partial charge in [-0.05, 0) is 12.8 Å². The Balaban J connectivity index is 2.34. The second-order valence-corrected chi connectivity index (χ2v) is 4.39. The first-order valence-corrected chi connectivity index (χ1v) is 5.83. The van der Waals surface area contributed by atoms with Gasteiger partial charge in [0, 0.05) is 13.1 Å². The number of hydrogen-bond acceptors (Lipinski definition) is 2. The molecular formula is C11H20N2O3. The summed E-state index contributed by atoms with van der Waals surface area (Å²) in [4.78, 5) is 23.3. The van der Waals surface area contributed by atoms with Crippen molar-refractivity contribution in [2.45, 2.75) is 44.6 Å². The molecule has 0 unspecified atom stereocenters. The van der Waals surface area contributed by atoms with E-state index in [1.54, 1.807) is 0 Å². The lowest BCUT2D eigenvalue weighted by Gasteiger charge is -2.21. The number of likely N-dealkylation sites (N-methyl/N-ethyl adjacent to an activating group) is 1. The van der Waals surface area contributed by atoms with Crippen LogP contribution >= 0.6 is 0 Å². The minimum absolute atomic E-state index is 0.214. The van der Waals surface area contributed by atoms with Crippen LogP contribution in [0.15, 0.2) is 0 Å². The maximum absolute atomic E-state index is 11.6. The first kappa shape index (κ1) is 12.8. The highest BCUT2D eigenvalue weighted by Crippen LogP contribution is 2.17. The smallest absolute Gasteiger partial charge is 0.323 e. The summed E-state index contributed by atoms with van der Waals surface area (Å²) < 4.78 is 0. The summed E-state index contributed by atoms with van der Waals surface area (Å²) >= 11 is 0. The van der Waals surface area contributed by atoms with E-state index in [9.17, 15) is 9.59 Å². The predicted molar refractivity (Wildman–Crippen MR) is 60.3 cm³/mol. The van der Waals surface area contributed by atoms with E-state index in [-0.39, 0.29) is 18.6 Å². The van der Waals surface area contributed by atoms with Gasteiger partial charge in [0.2, 0.25) is 0 Å². The molecule has 0 bridgehead atoms. The molecule has 1 saturated carbocycles. The molecule has 16 heavy (non-hydrogen) atoms. The van der Waals surface area contributed by atoms with Crippen LogP contribution in [0.1, 0.15) is 38.5 Å². The molecule has 0 aliphatic heterocycles. The number of carbonyl (C=O) groups is 2. The minimum Gasteiger partial charge on any atom is -0.480 e. The molecule has 92 valence electrons. The van der Waals surface area contributed by atoms with E-state index in [4.69, 9.17) is 5.11 Å². The molecule has 0 spiro atoms. The highest BCUT2D eigenvalue weighted by molar-refractivity contribution is 5.79. The van der Waals surface area contributed by atoms with E-state index in [2.05, 4.69) is 5.32 Å². The molecule has 1 rings (SSSR count). The number of nitrogens with zero attached hydrogens (tertiary/aromatic N) is 1. The third-order valence-electron chi connectivity index (χ3n) is 2.90. The molecule has 0 radical (unpaired) electrons. The van der Waals surface area contributed by atoms with E-state index in [0.29, 0.717) is 0 Å². The summed E-state index contributed by atoms with van der Waals surface area (Å²) in [6.45, 7) is -0.251. The molecule has 5 heteroatoms. The Morgan fingerprint density at radius 2 is 1.81 bits per heavy atom. The van der Waals surface area contributed by atoms with Gasteiger partial charge in [0.1, 0.15) is 6.54 Å². The van der Waals surface area contributed by atoms with Crippen molar-refractivity contribution in [3.05, 3.63) is 0 Å². The molecular weight excluding hydrogens is 208 g/mol. The van der Waals surface area contributed by atoms with Crippen molar-refractivity contribution in [1.82, 2.24) is 10.2 Å². The van der Waals surface area contributed by atoms with Crippen LogP contribution < -0.4 is 5.32 Å². The van der Waals surface area contributed by atoms with Crippen molar-refractivity contribution in [2.24, 2.45) is 0 Å². The third kappa shape index (κ3) is 4.51. The second kappa shape index (κ2) is 6.35. The molecule has 0 aromatic heterocycles. The van der Waals surface area contributed by atoms with Crippen LogP contribution in [0.2, 0.25) is 0 Å². The fourth-order valence-electron chi connectivity index (χ4n) is 1.98. The number of urea groups is 1. The number of hydrogen-bond donors (Lipinski definition) is 2. The summed E-state index contributed by atoms with van der Waals surface area (Å²) in [5, 5.41) is 11.4.